The molecule has 2 N–H and O–H groups in total. The summed E-state index contributed by atoms with van der Waals surface area (Å²) in [5, 5.41) is 17.6. The maximum Gasteiger partial charge on any atom is 0.227 e. The van der Waals surface area contributed by atoms with Gasteiger partial charge in [0.05, 0.1) is 18.6 Å². The Morgan fingerprint density at radius 2 is 2.08 bits per heavy atom. The van der Waals surface area contributed by atoms with Crippen molar-refractivity contribution in [2.45, 2.75) is 58.1 Å². The largest absolute Gasteiger partial charge is 0.389 e. The maximum atomic E-state index is 12.2. The van der Waals surface area contributed by atoms with Crippen LogP contribution >= 0.6 is 0 Å². The zero-order chi connectivity index (χ0) is 17.2. The van der Waals surface area contributed by atoms with Gasteiger partial charge in [-0.3, -0.25) is 4.79 Å². The number of anilines is 1. The smallest absolute Gasteiger partial charge is 0.227 e. The van der Waals surface area contributed by atoms with Gasteiger partial charge >= 0.3 is 0 Å². The second-order valence-electron chi connectivity index (χ2n) is 6.72. The lowest BCUT2D eigenvalue weighted by Gasteiger charge is -2.21. The average Bonchev–Trinajstić information content (AvgIpc) is 3.05. The molecular weight excluding hydrogens is 304 g/mol. The number of nitrogens with one attached hydrogen (secondary N) is 1. The fourth-order valence-corrected chi connectivity index (χ4v) is 3.35. The lowest BCUT2D eigenvalue weighted by molar-refractivity contribution is -0.120. The number of aryl methyl sites for hydroxylation is 2. The van der Waals surface area contributed by atoms with Gasteiger partial charge < -0.3 is 10.4 Å². The molecule has 0 saturated heterocycles. The molecule has 6 heteroatoms. The molecule has 1 fully saturated rings. The third-order valence-electron chi connectivity index (χ3n) is 4.53. The number of carbonyl (C=O) groups is 1. The molecular formula is C18H24N4O2. The molecule has 0 bridgehead atoms. The molecule has 0 aliphatic heterocycles. The quantitative estimate of drug-likeness (QED) is 0.884. The molecule has 0 radical (unpaired) electrons. The van der Waals surface area contributed by atoms with Gasteiger partial charge in [-0.25, -0.2) is 9.67 Å². The molecule has 1 saturated carbocycles. The van der Waals surface area contributed by atoms with Gasteiger partial charge in [-0.1, -0.05) is 25.0 Å². The van der Waals surface area contributed by atoms with Gasteiger partial charge in [0.2, 0.25) is 5.91 Å². The van der Waals surface area contributed by atoms with Crippen LogP contribution in [0.1, 0.15) is 49.3 Å². The summed E-state index contributed by atoms with van der Waals surface area (Å²) in [7, 11) is 0. The van der Waals surface area contributed by atoms with Gasteiger partial charge in [0.25, 0.3) is 0 Å². The summed E-state index contributed by atoms with van der Waals surface area (Å²) < 4.78 is 1.84. The maximum absolute atomic E-state index is 12.2. The molecule has 0 spiro atoms. The van der Waals surface area contributed by atoms with Crippen molar-refractivity contribution in [1.29, 1.82) is 0 Å². The number of nitrogens with zero attached hydrogens (tertiary/aromatic N) is 3. The fraction of sp³-hybridized carbons (Fsp3) is 0.500. The van der Waals surface area contributed by atoms with E-state index in [1.807, 2.05) is 42.8 Å². The van der Waals surface area contributed by atoms with Crippen molar-refractivity contribution in [3.05, 3.63) is 41.5 Å². The van der Waals surface area contributed by atoms with Crippen LogP contribution in [0.25, 0.3) is 0 Å². The van der Waals surface area contributed by atoms with E-state index in [4.69, 9.17) is 0 Å². The Morgan fingerprint density at radius 1 is 1.33 bits per heavy atom. The van der Waals surface area contributed by atoms with Crippen molar-refractivity contribution >= 4 is 11.6 Å². The molecule has 128 valence electrons. The van der Waals surface area contributed by atoms with Crippen LogP contribution in [0.5, 0.6) is 0 Å². The fourth-order valence-electron chi connectivity index (χ4n) is 3.35. The number of benzene rings is 1. The van der Waals surface area contributed by atoms with Crippen molar-refractivity contribution < 1.29 is 9.90 Å². The minimum absolute atomic E-state index is 0.135. The number of hydrogen-bond donors (Lipinski definition) is 2. The van der Waals surface area contributed by atoms with E-state index in [0.717, 1.165) is 35.7 Å². The molecule has 3 rings (SSSR count). The normalized spacial score (nSPS) is 16.3. The van der Waals surface area contributed by atoms with Crippen molar-refractivity contribution in [3.63, 3.8) is 0 Å². The highest BCUT2D eigenvalue weighted by Gasteiger charge is 2.33. The van der Waals surface area contributed by atoms with Crippen LogP contribution in [0.4, 0.5) is 5.69 Å². The lowest BCUT2D eigenvalue weighted by atomic mass is 9.97. The first-order valence-electron chi connectivity index (χ1n) is 8.43. The Balaban J connectivity index is 1.64. The standard InChI is InChI=1S/C18H24N4O2/c1-13-19-14(2)22(21-13)12-15-6-5-7-16(10-15)20-17(23)11-18(24)8-3-4-9-18/h5-7,10,24H,3-4,8-9,11-12H2,1-2H3,(H,20,23). The van der Waals surface area contributed by atoms with Gasteiger partial charge in [-0.2, -0.15) is 5.10 Å². The molecule has 6 nitrogen and oxygen atoms in total. The zero-order valence-corrected chi connectivity index (χ0v) is 14.2. The third kappa shape index (κ3) is 4.00. The Kier molecular flexibility index (Phi) is 4.66. The summed E-state index contributed by atoms with van der Waals surface area (Å²) in [5.41, 5.74) is 0.964. The second-order valence-corrected chi connectivity index (χ2v) is 6.72. The Hall–Kier alpha value is -2.21. The molecule has 24 heavy (non-hydrogen) atoms. The van der Waals surface area contributed by atoms with E-state index < -0.39 is 5.60 Å². The first kappa shape index (κ1) is 16.6. The van der Waals surface area contributed by atoms with Crippen LogP contribution in [0, 0.1) is 13.8 Å². The molecule has 1 aliphatic carbocycles. The molecule has 0 atom stereocenters. The molecule has 1 aromatic heterocycles. The van der Waals surface area contributed by atoms with Crippen LogP contribution in [0.15, 0.2) is 24.3 Å². The number of amides is 1. The zero-order valence-electron chi connectivity index (χ0n) is 14.2. The summed E-state index contributed by atoms with van der Waals surface area (Å²) in [6, 6.07) is 7.71. The predicted molar refractivity (Wildman–Crippen MR) is 91.7 cm³/mol. The van der Waals surface area contributed by atoms with Crippen LogP contribution in [-0.4, -0.2) is 31.4 Å². The van der Waals surface area contributed by atoms with Crippen LogP contribution < -0.4 is 5.32 Å². The highest BCUT2D eigenvalue weighted by atomic mass is 16.3. The Bertz CT molecular complexity index is 732. The Morgan fingerprint density at radius 3 is 2.75 bits per heavy atom. The van der Waals surface area contributed by atoms with Crippen LogP contribution in [0.3, 0.4) is 0 Å². The minimum atomic E-state index is -0.822. The van der Waals surface area contributed by atoms with Crippen molar-refractivity contribution in [3.8, 4) is 0 Å². The first-order chi connectivity index (χ1) is 11.4. The summed E-state index contributed by atoms with van der Waals surface area (Å²) in [6.45, 7) is 4.40. The van der Waals surface area contributed by atoms with Crippen molar-refractivity contribution in [2.24, 2.45) is 0 Å². The van der Waals surface area contributed by atoms with Crippen molar-refractivity contribution in [1.82, 2.24) is 14.8 Å². The number of aliphatic hydroxyl groups is 1. The van der Waals surface area contributed by atoms with Gasteiger partial charge in [0, 0.05) is 5.69 Å². The molecule has 1 aliphatic rings. The number of rotatable bonds is 5. The van der Waals surface area contributed by atoms with Crippen LogP contribution in [0.2, 0.25) is 0 Å². The van der Waals surface area contributed by atoms with Crippen LogP contribution in [-0.2, 0) is 11.3 Å². The van der Waals surface area contributed by atoms with E-state index in [9.17, 15) is 9.90 Å². The molecule has 1 amide bonds. The van der Waals surface area contributed by atoms with E-state index >= 15 is 0 Å². The molecule has 2 aromatic rings. The molecule has 0 unspecified atom stereocenters. The average molecular weight is 328 g/mol. The van der Waals surface area contributed by atoms with Gasteiger partial charge in [0.1, 0.15) is 11.6 Å². The van der Waals surface area contributed by atoms with E-state index in [1.165, 1.54) is 0 Å². The SMILES string of the molecule is Cc1nc(C)n(Cc2cccc(NC(=O)CC3(O)CCCC3)c2)n1. The summed E-state index contributed by atoms with van der Waals surface area (Å²) in [6.07, 6.45) is 3.58. The van der Waals surface area contributed by atoms with E-state index in [-0.39, 0.29) is 12.3 Å². The topological polar surface area (TPSA) is 80.0 Å². The molecule has 1 heterocycles. The van der Waals surface area contributed by atoms with Crippen molar-refractivity contribution in [2.75, 3.05) is 5.32 Å². The summed E-state index contributed by atoms with van der Waals surface area (Å²) in [5.74, 6) is 1.48. The highest BCUT2D eigenvalue weighted by molar-refractivity contribution is 5.91. The second kappa shape index (κ2) is 6.73. The minimum Gasteiger partial charge on any atom is -0.389 e. The van der Waals surface area contributed by atoms with E-state index in [2.05, 4.69) is 15.4 Å². The highest BCUT2D eigenvalue weighted by Crippen LogP contribution is 2.32. The number of aromatic nitrogens is 3. The Labute approximate surface area is 141 Å². The van der Waals surface area contributed by atoms with Gasteiger partial charge in [0.15, 0.2) is 0 Å². The monoisotopic (exact) mass is 328 g/mol. The summed E-state index contributed by atoms with van der Waals surface area (Å²) in [4.78, 5) is 16.5. The number of carbonyl (C=O) groups excluding carboxylic acids is 1. The third-order valence-corrected chi connectivity index (χ3v) is 4.53. The van der Waals surface area contributed by atoms with E-state index in [0.29, 0.717) is 19.4 Å². The molecule has 1 aromatic carbocycles. The van der Waals surface area contributed by atoms with Gasteiger partial charge in [-0.15, -0.1) is 0 Å². The summed E-state index contributed by atoms with van der Waals surface area (Å²) >= 11 is 0. The van der Waals surface area contributed by atoms with E-state index in [1.54, 1.807) is 0 Å². The van der Waals surface area contributed by atoms with Gasteiger partial charge in [-0.05, 0) is 44.4 Å². The number of hydrogen-bond acceptors (Lipinski definition) is 4. The lowest BCUT2D eigenvalue weighted by Crippen LogP contribution is -2.30. The predicted octanol–water partition coefficient (Wildman–Crippen LogP) is 2.58. The first-order valence-corrected chi connectivity index (χ1v) is 8.43.